The minimum Gasteiger partial charge on any atom is -0.382 e. The number of fused-ring (bicyclic) bond motifs is 1. The van der Waals surface area contributed by atoms with Crippen LogP contribution in [-0.4, -0.2) is 47.5 Å². The van der Waals surface area contributed by atoms with Crippen LogP contribution in [0.1, 0.15) is 29.5 Å². The molecule has 0 aliphatic carbocycles. The Morgan fingerprint density at radius 1 is 0.902 bits per heavy atom. The summed E-state index contributed by atoms with van der Waals surface area (Å²) in [6, 6.07) is 17.7. The first-order valence-electron chi connectivity index (χ1n) is 12.5. The lowest BCUT2D eigenvalue weighted by atomic mass is 9.80. The molecule has 1 unspecified atom stereocenters. The molecule has 1 fully saturated rings. The number of benzene rings is 3. The van der Waals surface area contributed by atoms with E-state index in [2.05, 4.69) is 10.3 Å². The highest BCUT2D eigenvalue weighted by Crippen LogP contribution is 2.39. The summed E-state index contributed by atoms with van der Waals surface area (Å²) in [7, 11) is -5.43. The molecule has 0 radical (unpaired) electrons. The predicted molar refractivity (Wildman–Crippen MR) is 148 cm³/mol. The van der Waals surface area contributed by atoms with Gasteiger partial charge in [0.05, 0.1) is 5.52 Å². The van der Waals surface area contributed by atoms with Crippen molar-refractivity contribution in [1.82, 2.24) is 9.29 Å². The Morgan fingerprint density at radius 3 is 2.05 bits per heavy atom. The number of alkyl halides is 3. The molecule has 1 aliphatic rings. The highest BCUT2D eigenvalue weighted by Gasteiger charge is 2.50. The van der Waals surface area contributed by atoms with Crippen molar-refractivity contribution in [2.75, 3.05) is 18.4 Å². The van der Waals surface area contributed by atoms with Crippen LogP contribution in [-0.2, 0) is 15.6 Å². The molecule has 4 aromatic rings. The van der Waals surface area contributed by atoms with E-state index >= 15 is 0 Å². The second kappa shape index (κ2) is 10.8. The minimum atomic E-state index is -5.43. The van der Waals surface area contributed by atoms with Crippen LogP contribution in [0.4, 0.5) is 23.2 Å². The average molecular weight is 610 g/mol. The Morgan fingerprint density at radius 2 is 1.46 bits per heavy atom. The van der Waals surface area contributed by atoms with Crippen LogP contribution in [0.5, 0.6) is 0 Å². The largest absolute Gasteiger partial charge is 0.511 e. The maximum absolute atomic E-state index is 13.8. The Bertz CT molecular complexity index is 1690. The molecule has 0 spiro atoms. The zero-order valence-corrected chi connectivity index (χ0v) is 22.8. The smallest absolute Gasteiger partial charge is 0.382 e. The topological polar surface area (TPSA) is 102 Å². The third kappa shape index (κ3) is 5.56. The van der Waals surface area contributed by atoms with Crippen molar-refractivity contribution in [2.24, 2.45) is 0 Å². The number of pyridine rings is 1. The van der Waals surface area contributed by atoms with E-state index in [-0.39, 0.29) is 25.9 Å². The van der Waals surface area contributed by atoms with Crippen molar-refractivity contribution in [3.63, 3.8) is 0 Å². The van der Waals surface area contributed by atoms with Crippen LogP contribution < -0.4 is 10.9 Å². The van der Waals surface area contributed by atoms with E-state index in [9.17, 15) is 35.9 Å². The highest BCUT2D eigenvalue weighted by molar-refractivity contribution is 7.90. The summed E-state index contributed by atoms with van der Waals surface area (Å²) >= 11 is 6.07. The average Bonchev–Trinajstić information content (AvgIpc) is 2.93. The Hall–Kier alpha value is -3.45. The lowest BCUT2D eigenvalue weighted by molar-refractivity contribution is -0.0494. The number of rotatable bonds is 6. The standard InChI is InChI=1S/C28H24ClF4N3O4S/c29-20-6-1-17(2-7-20)27(38,18-3-8-21(30)9-4-18)19-5-10-24-23(15-19)25(16-26(37)35-24)34-22-11-13-36(14-12-22)41(39,40)28(31,32)33/h1-10,15-16,22,38H,11-14H2,(H2,34,35,37). The van der Waals surface area contributed by atoms with Gasteiger partial charge in [-0.15, -0.1) is 0 Å². The molecule has 1 atom stereocenters. The van der Waals surface area contributed by atoms with Gasteiger partial charge in [-0.3, -0.25) is 4.79 Å². The lowest BCUT2D eigenvalue weighted by Crippen LogP contribution is -2.47. The molecule has 216 valence electrons. The molecule has 2 heterocycles. The first kappa shape index (κ1) is 29.1. The van der Waals surface area contributed by atoms with Gasteiger partial charge in [0.15, 0.2) is 0 Å². The number of aliphatic hydroxyl groups is 1. The van der Waals surface area contributed by atoms with Gasteiger partial charge in [0.1, 0.15) is 11.4 Å². The van der Waals surface area contributed by atoms with Gasteiger partial charge in [0.2, 0.25) is 5.56 Å². The Labute approximate surface area is 237 Å². The van der Waals surface area contributed by atoms with Gasteiger partial charge in [-0.2, -0.15) is 17.5 Å². The van der Waals surface area contributed by atoms with Crippen molar-refractivity contribution in [3.8, 4) is 0 Å². The summed E-state index contributed by atoms with van der Waals surface area (Å²) in [5, 5.41) is 16.3. The van der Waals surface area contributed by atoms with Crippen molar-refractivity contribution < 1.29 is 31.1 Å². The highest BCUT2D eigenvalue weighted by atomic mass is 35.5. The number of aromatic amines is 1. The van der Waals surface area contributed by atoms with Crippen molar-refractivity contribution in [3.05, 3.63) is 111 Å². The summed E-state index contributed by atoms with van der Waals surface area (Å²) in [5.41, 5.74) is -5.56. The number of H-pyrrole nitrogens is 1. The predicted octanol–water partition coefficient (Wildman–Crippen LogP) is 5.33. The molecule has 3 N–H and O–H groups in total. The normalized spacial score (nSPS) is 16.9. The number of piperidine rings is 1. The fraction of sp³-hybridized carbons (Fsp3) is 0.250. The Kier molecular flexibility index (Phi) is 7.62. The molecular weight excluding hydrogens is 586 g/mol. The van der Waals surface area contributed by atoms with E-state index in [1.807, 2.05) is 0 Å². The van der Waals surface area contributed by atoms with Crippen LogP contribution in [0.3, 0.4) is 0 Å². The van der Waals surface area contributed by atoms with Gasteiger partial charge in [-0.05, 0) is 65.9 Å². The first-order valence-corrected chi connectivity index (χ1v) is 14.4. The summed E-state index contributed by atoms with van der Waals surface area (Å²) in [4.78, 5) is 15.2. The number of nitrogens with zero attached hydrogens (tertiary/aromatic N) is 1. The summed E-state index contributed by atoms with van der Waals surface area (Å²) < 4.78 is 76.6. The van der Waals surface area contributed by atoms with Crippen LogP contribution >= 0.6 is 11.6 Å². The van der Waals surface area contributed by atoms with E-state index in [0.717, 1.165) is 0 Å². The van der Waals surface area contributed by atoms with Crippen LogP contribution in [0, 0.1) is 5.82 Å². The van der Waals surface area contributed by atoms with Crippen LogP contribution in [0.2, 0.25) is 5.02 Å². The number of halogens is 5. The Balaban J connectivity index is 1.53. The number of sulfonamides is 1. The van der Waals surface area contributed by atoms with Gasteiger partial charge in [0.25, 0.3) is 0 Å². The monoisotopic (exact) mass is 609 g/mol. The number of aromatic nitrogens is 1. The van der Waals surface area contributed by atoms with Gasteiger partial charge in [-0.1, -0.05) is 41.9 Å². The fourth-order valence-electron chi connectivity index (χ4n) is 5.09. The SMILES string of the molecule is O=c1cc(NC2CCN(S(=O)(=O)C(F)(F)F)CC2)c2cc(C(O)(c3ccc(F)cc3)c3ccc(Cl)cc3)ccc2[nH]1. The maximum Gasteiger partial charge on any atom is 0.511 e. The number of nitrogens with one attached hydrogen (secondary N) is 2. The van der Waals surface area contributed by atoms with Crippen molar-refractivity contribution in [1.29, 1.82) is 0 Å². The third-order valence-electron chi connectivity index (χ3n) is 7.23. The molecule has 0 amide bonds. The third-order valence-corrected chi connectivity index (χ3v) is 9.11. The molecule has 0 saturated carbocycles. The minimum absolute atomic E-state index is 0.0770. The fourth-order valence-corrected chi connectivity index (χ4v) is 6.20. The van der Waals surface area contributed by atoms with Gasteiger partial charge < -0.3 is 15.4 Å². The van der Waals surface area contributed by atoms with E-state index in [0.29, 0.717) is 42.6 Å². The van der Waals surface area contributed by atoms with E-state index in [1.165, 1.54) is 30.3 Å². The molecule has 1 saturated heterocycles. The molecule has 41 heavy (non-hydrogen) atoms. The van der Waals surface area contributed by atoms with Crippen LogP contribution in [0.25, 0.3) is 10.9 Å². The van der Waals surface area contributed by atoms with Gasteiger partial charge in [0, 0.05) is 41.3 Å². The van der Waals surface area contributed by atoms with Crippen molar-refractivity contribution in [2.45, 2.75) is 30.0 Å². The molecule has 0 bridgehead atoms. The van der Waals surface area contributed by atoms with Gasteiger partial charge >= 0.3 is 15.5 Å². The number of anilines is 1. The van der Waals surface area contributed by atoms with Crippen LogP contribution in [0.15, 0.2) is 77.6 Å². The molecule has 13 heteroatoms. The molecule has 1 aliphatic heterocycles. The van der Waals surface area contributed by atoms with Crippen molar-refractivity contribution >= 4 is 38.2 Å². The van der Waals surface area contributed by atoms with E-state index in [4.69, 9.17) is 11.6 Å². The number of hydrogen-bond donors (Lipinski definition) is 3. The molecule has 7 nitrogen and oxygen atoms in total. The summed E-state index contributed by atoms with van der Waals surface area (Å²) in [6.07, 6.45) is 0.154. The zero-order valence-electron chi connectivity index (χ0n) is 21.3. The van der Waals surface area contributed by atoms with E-state index < -0.39 is 38.6 Å². The quantitative estimate of drug-likeness (QED) is 0.203. The summed E-state index contributed by atoms with van der Waals surface area (Å²) in [6.45, 7) is -0.681. The molecule has 5 rings (SSSR count). The second-order valence-electron chi connectivity index (χ2n) is 9.80. The lowest BCUT2D eigenvalue weighted by Gasteiger charge is -2.33. The summed E-state index contributed by atoms with van der Waals surface area (Å²) in [5.74, 6) is -0.483. The second-order valence-corrected chi connectivity index (χ2v) is 12.2. The molecule has 3 aromatic carbocycles. The molecular formula is C28H24ClF4N3O4S. The molecule has 1 aromatic heterocycles. The first-order chi connectivity index (χ1) is 19.3. The maximum atomic E-state index is 13.8. The van der Waals surface area contributed by atoms with Gasteiger partial charge in [-0.25, -0.2) is 12.8 Å². The number of hydrogen-bond acceptors (Lipinski definition) is 5. The zero-order chi connectivity index (χ0) is 29.6. The van der Waals surface area contributed by atoms with E-state index in [1.54, 1.807) is 42.5 Å².